The van der Waals surface area contributed by atoms with Crippen molar-refractivity contribution in [2.75, 3.05) is 0 Å². The summed E-state index contributed by atoms with van der Waals surface area (Å²) in [5.74, 6) is 0. The number of benzene rings is 4. The van der Waals surface area contributed by atoms with Crippen molar-refractivity contribution in [3.8, 4) is 32.0 Å². The van der Waals surface area contributed by atoms with Crippen molar-refractivity contribution in [1.29, 1.82) is 0 Å². The maximum absolute atomic E-state index is 2.60. The topological polar surface area (TPSA) is 0 Å². The van der Waals surface area contributed by atoms with Crippen LogP contribution in [-0.4, -0.2) is 0 Å². The van der Waals surface area contributed by atoms with Crippen molar-refractivity contribution in [3.05, 3.63) is 108 Å². The summed E-state index contributed by atoms with van der Waals surface area (Å²) >= 11 is 1.96. The van der Waals surface area contributed by atoms with Gasteiger partial charge in [0.15, 0.2) is 0 Å². The van der Waals surface area contributed by atoms with Crippen molar-refractivity contribution in [1.82, 2.24) is 0 Å². The number of hydrogen-bond acceptors (Lipinski definition) is 1. The van der Waals surface area contributed by atoms with Crippen LogP contribution in [0.4, 0.5) is 0 Å². The average Bonchev–Trinajstić information content (AvgIpc) is 3.52. The van der Waals surface area contributed by atoms with Crippen LogP contribution >= 0.6 is 11.3 Å². The Morgan fingerprint density at radius 3 is 1.75 bits per heavy atom. The van der Waals surface area contributed by atoms with E-state index in [0.29, 0.717) is 0 Å². The summed E-state index contributed by atoms with van der Waals surface area (Å²) in [7, 11) is 0. The van der Waals surface area contributed by atoms with Gasteiger partial charge in [-0.25, -0.2) is 0 Å². The molecule has 1 heterocycles. The van der Waals surface area contributed by atoms with Crippen LogP contribution in [0.25, 0.3) is 42.8 Å². The summed E-state index contributed by atoms with van der Waals surface area (Å²) < 4.78 is 0. The van der Waals surface area contributed by atoms with E-state index in [-0.39, 0.29) is 5.41 Å². The smallest absolute Gasteiger partial charge is 0.0428 e. The van der Waals surface area contributed by atoms with Crippen molar-refractivity contribution in [2.24, 2.45) is 0 Å². The molecule has 0 bridgehead atoms. The normalized spacial score (nSPS) is 13.4. The zero-order valence-electron chi connectivity index (χ0n) is 24.2. The second-order valence-electron chi connectivity index (χ2n) is 11.7. The molecule has 1 heteroatoms. The fourth-order valence-corrected chi connectivity index (χ4v) is 8.36. The lowest BCUT2D eigenvalue weighted by Crippen LogP contribution is -2.25. The van der Waals surface area contributed by atoms with E-state index in [4.69, 9.17) is 0 Å². The van der Waals surface area contributed by atoms with Crippen LogP contribution in [0, 0.1) is 0 Å². The van der Waals surface area contributed by atoms with Crippen molar-refractivity contribution in [3.63, 3.8) is 0 Å². The van der Waals surface area contributed by atoms with Crippen LogP contribution < -0.4 is 0 Å². The molecule has 6 rings (SSSR count). The Morgan fingerprint density at radius 1 is 0.500 bits per heavy atom. The van der Waals surface area contributed by atoms with Gasteiger partial charge in [0, 0.05) is 25.9 Å². The predicted molar refractivity (Wildman–Crippen MR) is 176 cm³/mol. The molecule has 0 nitrogen and oxygen atoms in total. The lowest BCUT2D eigenvalue weighted by molar-refractivity contribution is 0.401. The van der Waals surface area contributed by atoms with Gasteiger partial charge < -0.3 is 0 Å². The van der Waals surface area contributed by atoms with Gasteiger partial charge in [-0.2, -0.15) is 0 Å². The van der Waals surface area contributed by atoms with E-state index in [1.165, 1.54) is 107 Å². The minimum Gasteiger partial charge on any atom is -0.134 e. The lowest BCUT2D eigenvalue weighted by atomic mass is 9.70. The van der Waals surface area contributed by atoms with Gasteiger partial charge in [0.1, 0.15) is 0 Å². The van der Waals surface area contributed by atoms with Crippen LogP contribution in [0.3, 0.4) is 0 Å². The van der Waals surface area contributed by atoms with Gasteiger partial charge in [0.2, 0.25) is 0 Å². The lowest BCUT2D eigenvalue weighted by Gasteiger charge is -2.33. The molecule has 40 heavy (non-hydrogen) atoms. The number of fused-ring (bicyclic) bond motifs is 4. The SMILES string of the molecule is CCCCCCC1(CCCCCC)c2ccccc2-c2ccc(-c3sc(-c4ccccc4)c4ccccc34)cc21. The number of hydrogen-bond donors (Lipinski definition) is 0. The molecule has 5 aromatic rings. The van der Waals surface area contributed by atoms with E-state index in [1.807, 2.05) is 11.3 Å². The van der Waals surface area contributed by atoms with Crippen molar-refractivity contribution in [2.45, 2.75) is 83.5 Å². The highest BCUT2D eigenvalue weighted by molar-refractivity contribution is 7.21. The van der Waals surface area contributed by atoms with Crippen molar-refractivity contribution < 1.29 is 0 Å². The highest BCUT2D eigenvalue weighted by atomic mass is 32.1. The van der Waals surface area contributed by atoms with Gasteiger partial charge in [-0.3, -0.25) is 0 Å². The summed E-state index contributed by atoms with van der Waals surface area (Å²) in [4.78, 5) is 2.78. The second-order valence-corrected chi connectivity index (χ2v) is 12.7. The summed E-state index contributed by atoms with van der Waals surface area (Å²) in [5.41, 5.74) is 8.91. The third-order valence-corrected chi connectivity index (χ3v) is 10.4. The Balaban J connectivity index is 1.49. The van der Waals surface area contributed by atoms with E-state index >= 15 is 0 Å². The quantitative estimate of drug-likeness (QED) is 0.138. The van der Waals surface area contributed by atoms with Crippen LogP contribution in [-0.2, 0) is 5.41 Å². The molecule has 0 spiro atoms. The van der Waals surface area contributed by atoms with Gasteiger partial charge in [-0.1, -0.05) is 156 Å². The molecule has 0 atom stereocenters. The first kappa shape index (κ1) is 27.0. The maximum Gasteiger partial charge on any atom is 0.0428 e. The number of rotatable bonds is 12. The maximum atomic E-state index is 2.60. The molecule has 1 aliphatic carbocycles. The Hall–Kier alpha value is -3.16. The molecule has 0 fully saturated rings. The van der Waals surface area contributed by atoms with E-state index in [2.05, 4.69) is 111 Å². The summed E-state index contributed by atoms with van der Waals surface area (Å²) in [6.45, 7) is 4.64. The Kier molecular flexibility index (Phi) is 8.21. The minimum atomic E-state index is 0.124. The zero-order chi connectivity index (χ0) is 27.4. The molecular formula is C39H42S. The molecule has 204 valence electrons. The first-order chi connectivity index (χ1) is 19.8. The minimum absolute atomic E-state index is 0.124. The fourth-order valence-electron chi connectivity index (χ4n) is 7.08. The number of unbranched alkanes of at least 4 members (excludes halogenated alkanes) is 6. The first-order valence-corrected chi connectivity index (χ1v) is 16.4. The van der Waals surface area contributed by atoms with Crippen molar-refractivity contribution >= 4 is 22.1 Å². The molecular weight excluding hydrogens is 500 g/mol. The monoisotopic (exact) mass is 542 g/mol. The van der Waals surface area contributed by atoms with E-state index in [9.17, 15) is 0 Å². The summed E-state index contributed by atoms with van der Waals surface area (Å²) in [6.07, 6.45) is 13.0. The third kappa shape index (κ3) is 4.94. The standard InChI is InChI=1S/C39H42S/c1-3-5-7-16-26-39(27-17-8-6-4-2)35-23-15-14-20-31(35)32-25-24-30(28-36(32)39)38-34-22-13-12-21-33(34)37(40-38)29-18-10-9-11-19-29/h9-15,18-25,28H,3-8,16-17,26-27H2,1-2H3. The molecule has 0 N–H and O–H groups in total. The largest absolute Gasteiger partial charge is 0.134 e. The van der Waals surface area contributed by atoms with E-state index in [1.54, 1.807) is 11.1 Å². The molecule has 0 saturated heterocycles. The van der Waals surface area contributed by atoms with Crippen LogP contribution in [0.5, 0.6) is 0 Å². The van der Waals surface area contributed by atoms with Gasteiger partial charge in [0.25, 0.3) is 0 Å². The molecule has 0 aliphatic heterocycles. The Morgan fingerprint density at radius 2 is 1.07 bits per heavy atom. The third-order valence-electron chi connectivity index (χ3n) is 9.10. The molecule has 0 amide bonds. The molecule has 0 radical (unpaired) electrons. The molecule has 0 unspecified atom stereocenters. The predicted octanol–water partition coefficient (Wildman–Crippen LogP) is 12.4. The Bertz CT molecular complexity index is 1560. The highest BCUT2D eigenvalue weighted by Gasteiger charge is 2.42. The van der Waals surface area contributed by atoms with Gasteiger partial charge in [0.05, 0.1) is 0 Å². The fraction of sp³-hybridized carbons (Fsp3) is 0.333. The van der Waals surface area contributed by atoms with Crippen LogP contribution in [0.15, 0.2) is 97.1 Å². The van der Waals surface area contributed by atoms with Gasteiger partial charge >= 0.3 is 0 Å². The average molecular weight is 543 g/mol. The van der Waals surface area contributed by atoms with Gasteiger partial charge in [-0.15, -0.1) is 11.3 Å². The first-order valence-electron chi connectivity index (χ1n) is 15.6. The van der Waals surface area contributed by atoms with Crippen LogP contribution in [0.2, 0.25) is 0 Å². The Labute approximate surface area is 245 Å². The summed E-state index contributed by atoms with van der Waals surface area (Å²) in [5, 5.41) is 2.74. The molecule has 4 aromatic carbocycles. The molecule has 0 saturated carbocycles. The second kappa shape index (κ2) is 12.1. The van der Waals surface area contributed by atoms with Gasteiger partial charge in [-0.05, 0) is 52.3 Å². The molecule has 1 aliphatic rings. The molecule has 1 aromatic heterocycles. The number of thiophene rings is 1. The highest BCUT2D eigenvalue weighted by Crippen LogP contribution is 2.55. The van der Waals surface area contributed by atoms with E-state index in [0.717, 1.165) is 0 Å². The zero-order valence-corrected chi connectivity index (χ0v) is 25.0. The van der Waals surface area contributed by atoms with E-state index < -0.39 is 0 Å². The van der Waals surface area contributed by atoms with Crippen LogP contribution in [0.1, 0.15) is 89.2 Å². The summed E-state index contributed by atoms with van der Waals surface area (Å²) in [6, 6.07) is 36.7.